The van der Waals surface area contributed by atoms with Crippen LogP contribution in [-0.4, -0.2) is 20.0 Å². The van der Waals surface area contributed by atoms with E-state index in [0.29, 0.717) is 4.90 Å². The molecule has 3 nitrogen and oxygen atoms in total. The molecule has 1 fully saturated rings. The molecule has 4 heteroatoms. The zero-order valence-electron chi connectivity index (χ0n) is 10.0. The Balaban J connectivity index is 2.13. The SMILES string of the molecule is Cc1ccc(S(=O)(=O)CN=C2CCCC2)cc1. The second kappa shape index (κ2) is 5.00. The van der Waals surface area contributed by atoms with E-state index in [9.17, 15) is 8.42 Å². The standard InChI is InChI=1S/C13H17NO2S/c1-11-6-8-13(9-7-11)17(15,16)10-14-12-4-2-3-5-12/h6-9H,2-5,10H2,1H3. The highest BCUT2D eigenvalue weighted by molar-refractivity contribution is 7.91. The number of aliphatic imine (C=N–C) groups is 1. The monoisotopic (exact) mass is 251 g/mol. The topological polar surface area (TPSA) is 46.5 Å². The molecule has 0 radical (unpaired) electrons. The molecule has 1 aliphatic rings. The highest BCUT2D eigenvalue weighted by atomic mass is 32.2. The molecule has 1 aromatic carbocycles. The molecule has 92 valence electrons. The fourth-order valence-electron chi connectivity index (χ4n) is 1.94. The lowest BCUT2D eigenvalue weighted by molar-refractivity contribution is 0.596. The Morgan fingerprint density at radius 2 is 1.71 bits per heavy atom. The lowest BCUT2D eigenvalue weighted by Gasteiger charge is -2.02. The summed E-state index contributed by atoms with van der Waals surface area (Å²) in [6, 6.07) is 6.93. The van der Waals surface area contributed by atoms with Crippen LogP contribution in [0.25, 0.3) is 0 Å². The van der Waals surface area contributed by atoms with Crippen molar-refractivity contribution in [2.24, 2.45) is 4.99 Å². The zero-order valence-corrected chi connectivity index (χ0v) is 10.8. The van der Waals surface area contributed by atoms with Crippen LogP contribution in [0.5, 0.6) is 0 Å². The number of benzene rings is 1. The summed E-state index contributed by atoms with van der Waals surface area (Å²) in [5, 5.41) is 0. The Morgan fingerprint density at radius 1 is 1.12 bits per heavy atom. The first-order valence-electron chi connectivity index (χ1n) is 5.89. The first-order chi connectivity index (χ1) is 8.08. The zero-order chi connectivity index (χ0) is 12.3. The fourth-order valence-corrected chi connectivity index (χ4v) is 2.99. The van der Waals surface area contributed by atoms with Crippen LogP contribution in [0.2, 0.25) is 0 Å². The molecule has 0 atom stereocenters. The Hall–Kier alpha value is -1.16. The van der Waals surface area contributed by atoms with Gasteiger partial charge in [-0.15, -0.1) is 0 Å². The van der Waals surface area contributed by atoms with Gasteiger partial charge in [0.25, 0.3) is 0 Å². The third-order valence-corrected chi connectivity index (χ3v) is 4.48. The smallest absolute Gasteiger partial charge is 0.198 e. The van der Waals surface area contributed by atoms with Crippen molar-refractivity contribution >= 4 is 15.5 Å². The molecule has 2 rings (SSSR count). The van der Waals surface area contributed by atoms with Gasteiger partial charge in [-0.05, 0) is 44.7 Å². The van der Waals surface area contributed by atoms with Gasteiger partial charge in [-0.2, -0.15) is 0 Å². The second-order valence-corrected chi connectivity index (χ2v) is 6.45. The van der Waals surface area contributed by atoms with E-state index in [2.05, 4.69) is 4.99 Å². The maximum Gasteiger partial charge on any atom is 0.198 e. The minimum absolute atomic E-state index is 0.106. The van der Waals surface area contributed by atoms with Crippen LogP contribution in [0.3, 0.4) is 0 Å². The van der Waals surface area contributed by atoms with Gasteiger partial charge in [-0.3, -0.25) is 4.99 Å². The molecular weight excluding hydrogens is 234 g/mol. The molecule has 0 heterocycles. The van der Waals surface area contributed by atoms with Crippen molar-refractivity contribution in [1.29, 1.82) is 0 Å². The quantitative estimate of drug-likeness (QED) is 0.829. The van der Waals surface area contributed by atoms with Crippen molar-refractivity contribution in [3.05, 3.63) is 29.8 Å². The summed E-state index contributed by atoms with van der Waals surface area (Å²) >= 11 is 0. The van der Waals surface area contributed by atoms with Gasteiger partial charge in [0.1, 0.15) is 5.88 Å². The Morgan fingerprint density at radius 3 is 2.29 bits per heavy atom. The lowest BCUT2D eigenvalue weighted by Crippen LogP contribution is -2.06. The van der Waals surface area contributed by atoms with Gasteiger partial charge in [0, 0.05) is 5.71 Å². The fraction of sp³-hybridized carbons (Fsp3) is 0.462. The molecule has 0 spiro atoms. The average molecular weight is 251 g/mol. The predicted molar refractivity (Wildman–Crippen MR) is 69.1 cm³/mol. The molecule has 17 heavy (non-hydrogen) atoms. The summed E-state index contributed by atoms with van der Waals surface area (Å²) in [5.41, 5.74) is 2.12. The third-order valence-electron chi connectivity index (χ3n) is 3.02. The number of hydrogen-bond acceptors (Lipinski definition) is 3. The maximum absolute atomic E-state index is 12.0. The van der Waals surface area contributed by atoms with E-state index in [1.165, 1.54) is 0 Å². The largest absolute Gasteiger partial charge is 0.278 e. The maximum atomic E-state index is 12.0. The summed E-state index contributed by atoms with van der Waals surface area (Å²) in [5.74, 6) is -0.106. The van der Waals surface area contributed by atoms with Crippen molar-refractivity contribution in [3.63, 3.8) is 0 Å². The number of sulfone groups is 1. The molecule has 0 unspecified atom stereocenters. The van der Waals surface area contributed by atoms with Crippen LogP contribution in [-0.2, 0) is 9.84 Å². The number of nitrogens with zero attached hydrogens (tertiary/aromatic N) is 1. The van der Waals surface area contributed by atoms with Crippen molar-refractivity contribution in [2.75, 3.05) is 5.88 Å². The van der Waals surface area contributed by atoms with Gasteiger partial charge in [0.15, 0.2) is 9.84 Å². The number of aryl methyl sites for hydroxylation is 1. The average Bonchev–Trinajstić information content (AvgIpc) is 2.80. The summed E-state index contributed by atoms with van der Waals surface area (Å²) in [6.45, 7) is 1.94. The van der Waals surface area contributed by atoms with Gasteiger partial charge in [-0.25, -0.2) is 8.42 Å². The van der Waals surface area contributed by atoms with Crippen molar-refractivity contribution in [1.82, 2.24) is 0 Å². The Kier molecular flexibility index (Phi) is 3.62. The number of hydrogen-bond donors (Lipinski definition) is 0. The van der Waals surface area contributed by atoms with Crippen LogP contribution < -0.4 is 0 Å². The molecule has 1 saturated carbocycles. The molecule has 0 saturated heterocycles. The molecule has 0 aliphatic heterocycles. The van der Waals surface area contributed by atoms with E-state index >= 15 is 0 Å². The molecule has 1 aliphatic carbocycles. The van der Waals surface area contributed by atoms with E-state index in [1.807, 2.05) is 19.1 Å². The van der Waals surface area contributed by atoms with Gasteiger partial charge in [0.2, 0.25) is 0 Å². The molecule has 0 bridgehead atoms. The van der Waals surface area contributed by atoms with Crippen molar-refractivity contribution in [2.45, 2.75) is 37.5 Å². The van der Waals surface area contributed by atoms with E-state index < -0.39 is 9.84 Å². The first-order valence-corrected chi connectivity index (χ1v) is 7.55. The predicted octanol–water partition coefficient (Wildman–Crippen LogP) is 2.74. The van der Waals surface area contributed by atoms with Gasteiger partial charge >= 0.3 is 0 Å². The third kappa shape index (κ3) is 3.16. The highest BCUT2D eigenvalue weighted by Gasteiger charge is 2.15. The van der Waals surface area contributed by atoms with E-state index in [4.69, 9.17) is 0 Å². The van der Waals surface area contributed by atoms with Crippen LogP contribution in [0.15, 0.2) is 34.2 Å². The van der Waals surface area contributed by atoms with Gasteiger partial charge in [0.05, 0.1) is 4.90 Å². The Labute approximate surface area is 103 Å². The van der Waals surface area contributed by atoms with Gasteiger partial charge < -0.3 is 0 Å². The summed E-state index contributed by atoms with van der Waals surface area (Å²) < 4.78 is 24.0. The van der Waals surface area contributed by atoms with Crippen molar-refractivity contribution < 1.29 is 8.42 Å². The van der Waals surface area contributed by atoms with E-state index in [0.717, 1.165) is 37.0 Å². The highest BCUT2D eigenvalue weighted by Crippen LogP contribution is 2.17. The summed E-state index contributed by atoms with van der Waals surface area (Å²) in [4.78, 5) is 4.59. The summed E-state index contributed by atoms with van der Waals surface area (Å²) in [6.07, 6.45) is 4.21. The Bertz CT molecular complexity index is 507. The van der Waals surface area contributed by atoms with Crippen molar-refractivity contribution in [3.8, 4) is 0 Å². The first kappa shape index (κ1) is 12.3. The molecule has 0 N–H and O–H groups in total. The van der Waals surface area contributed by atoms with Crippen LogP contribution in [0.1, 0.15) is 31.2 Å². The van der Waals surface area contributed by atoms with Crippen LogP contribution in [0, 0.1) is 6.92 Å². The van der Waals surface area contributed by atoms with E-state index in [1.54, 1.807) is 12.1 Å². The minimum Gasteiger partial charge on any atom is -0.278 e. The second-order valence-electron chi connectivity index (χ2n) is 4.49. The molecule has 0 aromatic heterocycles. The molecular formula is C13H17NO2S. The molecule has 1 aromatic rings. The van der Waals surface area contributed by atoms with Crippen LogP contribution in [0.4, 0.5) is 0 Å². The lowest BCUT2D eigenvalue weighted by atomic mass is 10.2. The van der Waals surface area contributed by atoms with E-state index in [-0.39, 0.29) is 5.88 Å². The summed E-state index contributed by atoms with van der Waals surface area (Å²) in [7, 11) is -3.25. The minimum atomic E-state index is -3.25. The number of rotatable bonds is 3. The van der Waals surface area contributed by atoms with Crippen LogP contribution >= 0.6 is 0 Å². The normalized spacial score (nSPS) is 16.2. The van der Waals surface area contributed by atoms with Gasteiger partial charge in [-0.1, -0.05) is 17.7 Å². The molecule has 0 amide bonds.